The standard InChI is InChI=1S/C25H30N2O3S/c1-30-24(28)16-10-4-9-15-22-23(19-31-18-21-13-7-3-8-14-21)27(25(29)26-22)17-20-11-5-2-6-12-20/h2-3,5-8,11-14H,4,9-10,15-19H2,1H3,(H,26,29). The second-order valence-corrected chi connectivity index (χ2v) is 8.53. The van der Waals surface area contributed by atoms with E-state index in [9.17, 15) is 9.59 Å². The van der Waals surface area contributed by atoms with Crippen molar-refractivity contribution in [1.29, 1.82) is 0 Å². The zero-order chi connectivity index (χ0) is 21.9. The minimum Gasteiger partial charge on any atom is -0.469 e. The SMILES string of the molecule is COC(=O)CCCCCc1[nH]c(=O)n(Cc2ccccc2)c1CSCc1ccccc1. The number of ether oxygens (including phenoxy) is 1. The molecule has 0 saturated carbocycles. The van der Waals surface area contributed by atoms with Gasteiger partial charge in [-0.05, 0) is 30.4 Å². The summed E-state index contributed by atoms with van der Waals surface area (Å²) in [5.41, 5.74) is 4.43. The van der Waals surface area contributed by atoms with Crippen molar-refractivity contribution in [2.75, 3.05) is 7.11 Å². The van der Waals surface area contributed by atoms with E-state index in [0.29, 0.717) is 13.0 Å². The van der Waals surface area contributed by atoms with E-state index >= 15 is 0 Å². The number of nitrogens with zero attached hydrogens (tertiary/aromatic N) is 1. The summed E-state index contributed by atoms with van der Waals surface area (Å²) in [5, 5.41) is 0. The Morgan fingerprint density at radius 3 is 2.29 bits per heavy atom. The number of hydrogen-bond donors (Lipinski definition) is 1. The first kappa shape index (κ1) is 22.9. The molecular formula is C25H30N2O3S. The monoisotopic (exact) mass is 438 g/mol. The van der Waals surface area contributed by atoms with Crippen molar-refractivity contribution in [3.63, 3.8) is 0 Å². The van der Waals surface area contributed by atoms with Gasteiger partial charge in [-0.2, -0.15) is 11.8 Å². The lowest BCUT2D eigenvalue weighted by molar-refractivity contribution is -0.140. The lowest BCUT2D eigenvalue weighted by Gasteiger charge is -2.10. The predicted molar refractivity (Wildman–Crippen MR) is 126 cm³/mol. The number of hydrogen-bond acceptors (Lipinski definition) is 4. The first-order chi connectivity index (χ1) is 15.2. The Morgan fingerprint density at radius 2 is 1.61 bits per heavy atom. The Hall–Kier alpha value is -2.73. The number of methoxy groups -OCH3 is 1. The zero-order valence-electron chi connectivity index (χ0n) is 18.0. The third-order valence-electron chi connectivity index (χ3n) is 5.25. The minimum absolute atomic E-state index is 0.0521. The number of esters is 1. The lowest BCUT2D eigenvalue weighted by Crippen LogP contribution is -2.19. The second-order valence-electron chi connectivity index (χ2n) is 7.54. The molecule has 0 atom stereocenters. The van der Waals surface area contributed by atoms with Crippen LogP contribution in [0.3, 0.4) is 0 Å². The number of benzene rings is 2. The highest BCUT2D eigenvalue weighted by Crippen LogP contribution is 2.21. The summed E-state index contributed by atoms with van der Waals surface area (Å²) in [6.45, 7) is 0.569. The van der Waals surface area contributed by atoms with Crippen LogP contribution in [0.4, 0.5) is 0 Å². The molecule has 1 N–H and O–H groups in total. The summed E-state index contributed by atoms with van der Waals surface area (Å²) in [7, 11) is 1.42. The van der Waals surface area contributed by atoms with Crippen LogP contribution >= 0.6 is 11.8 Å². The molecule has 0 aliphatic carbocycles. The molecule has 0 fully saturated rings. The molecule has 0 aliphatic rings. The Labute approximate surface area is 187 Å². The highest BCUT2D eigenvalue weighted by molar-refractivity contribution is 7.97. The Morgan fingerprint density at radius 1 is 0.935 bits per heavy atom. The molecule has 0 bridgehead atoms. The fourth-order valence-corrected chi connectivity index (χ4v) is 4.60. The number of H-pyrrole nitrogens is 1. The summed E-state index contributed by atoms with van der Waals surface area (Å²) >= 11 is 1.82. The van der Waals surface area contributed by atoms with Gasteiger partial charge in [0.15, 0.2) is 0 Å². The van der Waals surface area contributed by atoms with Crippen LogP contribution in [-0.2, 0) is 34.0 Å². The number of carbonyl (C=O) groups excluding carboxylic acids is 1. The molecule has 3 rings (SSSR count). The van der Waals surface area contributed by atoms with Crippen LogP contribution in [0, 0.1) is 0 Å². The number of aromatic amines is 1. The van der Waals surface area contributed by atoms with E-state index in [2.05, 4.69) is 29.2 Å². The summed E-state index contributed by atoms with van der Waals surface area (Å²) in [5.74, 6) is 1.52. The van der Waals surface area contributed by atoms with E-state index in [4.69, 9.17) is 4.74 Å². The van der Waals surface area contributed by atoms with Crippen LogP contribution in [0.1, 0.15) is 48.2 Å². The second kappa shape index (κ2) is 12.2. The third kappa shape index (κ3) is 7.17. The molecular weight excluding hydrogens is 408 g/mol. The van der Waals surface area contributed by atoms with E-state index < -0.39 is 0 Å². The number of aromatic nitrogens is 2. The van der Waals surface area contributed by atoms with E-state index in [0.717, 1.165) is 54.1 Å². The summed E-state index contributed by atoms with van der Waals surface area (Å²) in [6.07, 6.45) is 3.91. The number of aryl methyl sites for hydroxylation is 1. The molecule has 0 amide bonds. The van der Waals surface area contributed by atoms with Gasteiger partial charge in [0.05, 0.1) is 19.3 Å². The average molecular weight is 439 g/mol. The number of carbonyl (C=O) groups is 1. The van der Waals surface area contributed by atoms with E-state index in [1.54, 1.807) is 0 Å². The highest BCUT2D eigenvalue weighted by Gasteiger charge is 2.14. The molecule has 0 aliphatic heterocycles. The van der Waals surface area contributed by atoms with Gasteiger partial charge in [0.25, 0.3) is 0 Å². The molecule has 2 aromatic carbocycles. The number of imidazole rings is 1. The number of unbranched alkanes of at least 4 members (excludes halogenated alkanes) is 2. The van der Waals surface area contributed by atoms with Crippen molar-refractivity contribution >= 4 is 17.7 Å². The van der Waals surface area contributed by atoms with Crippen LogP contribution in [0.5, 0.6) is 0 Å². The van der Waals surface area contributed by atoms with E-state index in [-0.39, 0.29) is 11.7 Å². The van der Waals surface area contributed by atoms with Gasteiger partial charge in [-0.3, -0.25) is 9.36 Å². The number of rotatable bonds is 12. The third-order valence-corrected chi connectivity index (χ3v) is 6.26. The van der Waals surface area contributed by atoms with Gasteiger partial charge in [-0.15, -0.1) is 0 Å². The smallest absolute Gasteiger partial charge is 0.326 e. The maximum Gasteiger partial charge on any atom is 0.326 e. The first-order valence-corrected chi connectivity index (χ1v) is 11.9. The molecule has 0 unspecified atom stereocenters. The molecule has 1 aromatic heterocycles. The topological polar surface area (TPSA) is 64.1 Å². The maximum absolute atomic E-state index is 12.8. The fraction of sp³-hybridized carbons (Fsp3) is 0.360. The molecule has 0 spiro atoms. The van der Waals surface area contributed by atoms with Gasteiger partial charge in [-0.25, -0.2) is 4.79 Å². The molecule has 31 heavy (non-hydrogen) atoms. The summed E-state index contributed by atoms with van der Waals surface area (Å²) in [6, 6.07) is 20.5. The van der Waals surface area contributed by atoms with Crippen molar-refractivity contribution in [3.8, 4) is 0 Å². The fourth-order valence-electron chi connectivity index (χ4n) is 3.55. The molecule has 5 nitrogen and oxygen atoms in total. The molecule has 1 heterocycles. The maximum atomic E-state index is 12.8. The van der Waals surface area contributed by atoms with Crippen molar-refractivity contribution < 1.29 is 9.53 Å². The summed E-state index contributed by atoms with van der Waals surface area (Å²) in [4.78, 5) is 27.1. The number of nitrogens with one attached hydrogen (secondary N) is 1. The number of thioether (sulfide) groups is 1. The van der Waals surface area contributed by atoms with Crippen molar-refractivity contribution in [2.45, 2.75) is 50.2 Å². The predicted octanol–water partition coefficient (Wildman–Crippen LogP) is 4.93. The quantitative estimate of drug-likeness (QED) is 0.322. The van der Waals surface area contributed by atoms with Crippen molar-refractivity contribution in [3.05, 3.63) is 93.7 Å². The molecule has 6 heteroatoms. The van der Waals surface area contributed by atoms with Gasteiger partial charge >= 0.3 is 11.7 Å². The Bertz CT molecular complexity index is 997. The van der Waals surface area contributed by atoms with Crippen LogP contribution < -0.4 is 5.69 Å². The van der Waals surface area contributed by atoms with Crippen molar-refractivity contribution in [2.24, 2.45) is 0 Å². The normalized spacial score (nSPS) is 10.9. The van der Waals surface area contributed by atoms with Crippen LogP contribution in [0.25, 0.3) is 0 Å². The molecule has 3 aromatic rings. The van der Waals surface area contributed by atoms with Gasteiger partial charge in [0.1, 0.15) is 0 Å². The largest absolute Gasteiger partial charge is 0.469 e. The van der Waals surface area contributed by atoms with E-state index in [1.807, 2.05) is 52.7 Å². The molecule has 0 radical (unpaired) electrons. The van der Waals surface area contributed by atoms with Crippen molar-refractivity contribution in [1.82, 2.24) is 9.55 Å². The first-order valence-electron chi connectivity index (χ1n) is 10.7. The van der Waals surface area contributed by atoms with Crippen LogP contribution in [0.2, 0.25) is 0 Å². The van der Waals surface area contributed by atoms with Crippen LogP contribution in [-0.4, -0.2) is 22.6 Å². The summed E-state index contributed by atoms with van der Waals surface area (Å²) < 4.78 is 6.57. The zero-order valence-corrected chi connectivity index (χ0v) is 18.8. The molecule has 164 valence electrons. The highest BCUT2D eigenvalue weighted by atomic mass is 32.2. The molecule has 0 saturated heterocycles. The van der Waals surface area contributed by atoms with Gasteiger partial charge in [0.2, 0.25) is 0 Å². The van der Waals surface area contributed by atoms with E-state index in [1.165, 1.54) is 12.7 Å². The minimum atomic E-state index is -0.166. The van der Waals surface area contributed by atoms with Gasteiger partial charge in [0, 0.05) is 23.6 Å². The van der Waals surface area contributed by atoms with Crippen LogP contribution in [0.15, 0.2) is 65.5 Å². The average Bonchev–Trinajstić information content (AvgIpc) is 3.09. The van der Waals surface area contributed by atoms with Gasteiger partial charge in [-0.1, -0.05) is 67.1 Å². The lowest BCUT2D eigenvalue weighted by atomic mass is 10.1. The Balaban J connectivity index is 1.68. The van der Waals surface area contributed by atoms with Gasteiger partial charge < -0.3 is 9.72 Å². The Kier molecular flexibility index (Phi) is 9.03.